The molecule has 2 N–H and O–H groups in total. The van der Waals surface area contributed by atoms with Gasteiger partial charge in [-0.1, -0.05) is 15.9 Å². The molecule has 5 nitrogen and oxygen atoms in total. The van der Waals surface area contributed by atoms with E-state index in [9.17, 15) is 4.79 Å². The van der Waals surface area contributed by atoms with E-state index in [1.165, 1.54) is 6.33 Å². The Morgan fingerprint density at radius 3 is 2.94 bits per heavy atom. The predicted octanol–water partition coefficient (Wildman–Crippen LogP) is 1.85. The zero-order valence-electron chi connectivity index (χ0n) is 9.90. The molecular formula is C12H13BrN4O. The summed E-state index contributed by atoms with van der Waals surface area (Å²) < 4.78 is 0.905. The highest BCUT2D eigenvalue weighted by Crippen LogP contribution is 2.15. The van der Waals surface area contributed by atoms with Gasteiger partial charge in [0, 0.05) is 23.0 Å². The number of aryl methyl sites for hydroxylation is 1. The van der Waals surface area contributed by atoms with E-state index in [-0.39, 0.29) is 5.91 Å². The molecule has 0 fully saturated rings. The zero-order chi connectivity index (χ0) is 13.0. The Labute approximate surface area is 113 Å². The van der Waals surface area contributed by atoms with Crippen LogP contribution in [0.15, 0.2) is 29.0 Å². The monoisotopic (exact) mass is 308 g/mol. The van der Waals surface area contributed by atoms with E-state index in [1.807, 2.05) is 19.1 Å². The van der Waals surface area contributed by atoms with Gasteiger partial charge in [-0.25, -0.2) is 4.98 Å². The molecule has 0 saturated carbocycles. The highest BCUT2D eigenvalue weighted by atomic mass is 79.9. The lowest BCUT2D eigenvalue weighted by Gasteiger charge is -2.05. The van der Waals surface area contributed by atoms with Gasteiger partial charge in [0.1, 0.15) is 12.2 Å². The number of amides is 1. The number of nitrogens with one attached hydrogen (secondary N) is 2. The van der Waals surface area contributed by atoms with E-state index in [2.05, 4.69) is 36.4 Å². The lowest BCUT2D eigenvalue weighted by molar-refractivity contribution is 0.0954. The summed E-state index contributed by atoms with van der Waals surface area (Å²) in [7, 11) is 0. The molecule has 1 aromatic heterocycles. The fourth-order valence-electron chi connectivity index (χ4n) is 1.62. The van der Waals surface area contributed by atoms with Crippen molar-refractivity contribution in [3.63, 3.8) is 0 Å². The summed E-state index contributed by atoms with van der Waals surface area (Å²) in [4.78, 5) is 15.9. The van der Waals surface area contributed by atoms with Gasteiger partial charge in [0.15, 0.2) is 0 Å². The van der Waals surface area contributed by atoms with Crippen LogP contribution in [0.2, 0.25) is 0 Å². The van der Waals surface area contributed by atoms with E-state index < -0.39 is 0 Å². The normalized spacial score (nSPS) is 10.3. The highest BCUT2D eigenvalue weighted by Gasteiger charge is 2.06. The van der Waals surface area contributed by atoms with E-state index in [0.29, 0.717) is 18.5 Å². The summed E-state index contributed by atoms with van der Waals surface area (Å²) >= 11 is 3.38. The van der Waals surface area contributed by atoms with Gasteiger partial charge in [-0.05, 0) is 30.7 Å². The second kappa shape index (κ2) is 5.77. The van der Waals surface area contributed by atoms with E-state index in [1.54, 1.807) is 6.07 Å². The Kier molecular flexibility index (Phi) is 4.09. The van der Waals surface area contributed by atoms with Crippen molar-refractivity contribution < 1.29 is 4.79 Å². The fourth-order valence-corrected chi connectivity index (χ4v) is 2.22. The van der Waals surface area contributed by atoms with Crippen molar-refractivity contribution in [1.29, 1.82) is 0 Å². The molecule has 0 saturated heterocycles. The Hall–Kier alpha value is -1.69. The van der Waals surface area contributed by atoms with Crippen molar-refractivity contribution in [3.8, 4) is 0 Å². The van der Waals surface area contributed by atoms with Crippen LogP contribution in [-0.2, 0) is 6.42 Å². The van der Waals surface area contributed by atoms with Crippen molar-refractivity contribution in [1.82, 2.24) is 20.5 Å². The van der Waals surface area contributed by atoms with E-state index >= 15 is 0 Å². The third-order valence-corrected chi connectivity index (χ3v) is 2.87. The first kappa shape index (κ1) is 12.8. The molecule has 0 bridgehead atoms. The Morgan fingerprint density at radius 2 is 2.28 bits per heavy atom. The number of rotatable bonds is 4. The molecule has 18 heavy (non-hydrogen) atoms. The van der Waals surface area contributed by atoms with Gasteiger partial charge in [0.2, 0.25) is 0 Å². The lowest BCUT2D eigenvalue weighted by Crippen LogP contribution is -2.26. The summed E-state index contributed by atoms with van der Waals surface area (Å²) in [5, 5.41) is 9.34. The van der Waals surface area contributed by atoms with Crippen LogP contribution in [0.4, 0.5) is 0 Å². The molecule has 0 radical (unpaired) electrons. The topological polar surface area (TPSA) is 70.7 Å². The number of aromatic amines is 1. The third kappa shape index (κ3) is 3.40. The lowest BCUT2D eigenvalue weighted by atomic mass is 10.1. The minimum atomic E-state index is -0.0843. The van der Waals surface area contributed by atoms with Crippen LogP contribution < -0.4 is 5.32 Å². The second-order valence-electron chi connectivity index (χ2n) is 3.96. The maximum atomic E-state index is 11.9. The first-order chi connectivity index (χ1) is 8.65. The zero-order valence-corrected chi connectivity index (χ0v) is 11.5. The Morgan fingerprint density at radius 1 is 1.44 bits per heavy atom. The van der Waals surface area contributed by atoms with Gasteiger partial charge in [-0.3, -0.25) is 9.89 Å². The van der Waals surface area contributed by atoms with Crippen LogP contribution in [-0.4, -0.2) is 27.6 Å². The summed E-state index contributed by atoms with van der Waals surface area (Å²) in [6.45, 7) is 2.48. The molecule has 1 heterocycles. The average molecular weight is 309 g/mol. The first-order valence-corrected chi connectivity index (χ1v) is 6.34. The first-order valence-electron chi connectivity index (χ1n) is 5.55. The molecule has 0 aliphatic carbocycles. The summed E-state index contributed by atoms with van der Waals surface area (Å²) in [6, 6.07) is 5.62. The number of benzene rings is 1. The molecule has 0 aliphatic rings. The number of carbonyl (C=O) groups is 1. The van der Waals surface area contributed by atoms with E-state index in [4.69, 9.17) is 0 Å². The van der Waals surface area contributed by atoms with E-state index in [0.717, 1.165) is 15.9 Å². The van der Waals surface area contributed by atoms with Crippen molar-refractivity contribution in [2.45, 2.75) is 13.3 Å². The molecule has 94 valence electrons. The smallest absolute Gasteiger partial charge is 0.251 e. The standard InChI is InChI=1S/C12H13BrN4O/c1-8-4-9(6-10(13)5-8)12(18)14-3-2-11-15-7-16-17-11/h4-7H,2-3H2,1H3,(H,14,18)(H,15,16,17). The van der Waals surface area contributed by atoms with Crippen LogP contribution >= 0.6 is 15.9 Å². The fraction of sp³-hybridized carbons (Fsp3) is 0.250. The van der Waals surface area contributed by atoms with Crippen molar-refractivity contribution in [2.75, 3.05) is 6.54 Å². The third-order valence-electron chi connectivity index (χ3n) is 2.42. The largest absolute Gasteiger partial charge is 0.352 e. The van der Waals surface area contributed by atoms with Gasteiger partial charge in [0.25, 0.3) is 5.91 Å². The van der Waals surface area contributed by atoms with Gasteiger partial charge < -0.3 is 5.32 Å². The van der Waals surface area contributed by atoms with Gasteiger partial charge >= 0.3 is 0 Å². The molecular weight excluding hydrogens is 296 g/mol. The molecule has 1 aromatic carbocycles. The average Bonchev–Trinajstić information content (AvgIpc) is 2.80. The summed E-state index contributed by atoms with van der Waals surface area (Å²) in [6.07, 6.45) is 2.09. The number of nitrogens with zero attached hydrogens (tertiary/aromatic N) is 2. The maximum Gasteiger partial charge on any atom is 0.251 e. The number of aromatic nitrogens is 3. The van der Waals surface area contributed by atoms with Crippen LogP contribution in [0.5, 0.6) is 0 Å². The second-order valence-corrected chi connectivity index (χ2v) is 4.87. The van der Waals surface area contributed by atoms with Crippen molar-refractivity contribution in [3.05, 3.63) is 46.0 Å². The minimum Gasteiger partial charge on any atom is -0.352 e. The molecule has 0 unspecified atom stereocenters. The quantitative estimate of drug-likeness (QED) is 0.905. The predicted molar refractivity (Wildman–Crippen MR) is 71.3 cm³/mol. The van der Waals surface area contributed by atoms with Crippen molar-refractivity contribution in [2.24, 2.45) is 0 Å². The summed E-state index contributed by atoms with van der Waals surface area (Å²) in [5.41, 5.74) is 1.70. The SMILES string of the molecule is Cc1cc(Br)cc(C(=O)NCCc2ncn[nH]2)c1. The number of hydrogen-bond acceptors (Lipinski definition) is 3. The molecule has 1 amide bonds. The number of hydrogen-bond donors (Lipinski definition) is 2. The molecule has 2 aromatic rings. The maximum absolute atomic E-state index is 11.9. The Bertz CT molecular complexity index is 519. The molecule has 0 spiro atoms. The highest BCUT2D eigenvalue weighted by molar-refractivity contribution is 9.10. The molecule has 0 aliphatic heterocycles. The number of H-pyrrole nitrogens is 1. The summed E-state index contributed by atoms with van der Waals surface area (Å²) in [5.74, 6) is 0.680. The van der Waals surface area contributed by atoms with Crippen LogP contribution in [0.1, 0.15) is 21.7 Å². The number of halogens is 1. The Balaban J connectivity index is 1.91. The van der Waals surface area contributed by atoms with Gasteiger partial charge in [-0.15, -0.1) is 0 Å². The van der Waals surface area contributed by atoms with Crippen LogP contribution in [0.3, 0.4) is 0 Å². The molecule has 0 atom stereocenters. The van der Waals surface area contributed by atoms with Crippen LogP contribution in [0, 0.1) is 6.92 Å². The van der Waals surface area contributed by atoms with Gasteiger partial charge in [0.05, 0.1) is 0 Å². The van der Waals surface area contributed by atoms with Crippen LogP contribution in [0.25, 0.3) is 0 Å². The molecule has 6 heteroatoms. The number of carbonyl (C=O) groups excluding carboxylic acids is 1. The van der Waals surface area contributed by atoms with Gasteiger partial charge in [-0.2, -0.15) is 5.10 Å². The minimum absolute atomic E-state index is 0.0843. The molecule has 2 rings (SSSR count). The van der Waals surface area contributed by atoms with Crippen molar-refractivity contribution >= 4 is 21.8 Å².